The monoisotopic (exact) mass is 380 g/mol. The van der Waals surface area contributed by atoms with Crippen LogP contribution in [0.3, 0.4) is 0 Å². The number of benzene rings is 2. The maximum atomic E-state index is 12.8. The van der Waals surface area contributed by atoms with Gasteiger partial charge in [-0.05, 0) is 35.8 Å². The van der Waals surface area contributed by atoms with Gasteiger partial charge in [-0.3, -0.25) is 9.89 Å². The van der Waals surface area contributed by atoms with Crippen LogP contribution in [0.5, 0.6) is 0 Å². The van der Waals surface area contributed by atoms with Crippen molar-refractivity contribution >= 4 is 34.0 Å². The largest absolute Gasteiger partial charge is 0.337 e. The summed E-state index contributed by atoms with van der Waals surface area (Å²) in [5, 5.41) is 9.02. The minimum absolute atomic E-state index is 0.0323. The number of hydrogen-bond donors (Lipinski definition) is 2. The first-order chi connectivity index (χ1) is 13.1. The first-order valence-corrected chi connectivity index (χ1v) is 9.41. The number of H-pyrrole nitrogens is 1. The molecule has 3 N–H and O–H groups in total. The second-order valence-electron chi connectivity index (χ2n) is 6.80. The van der Waals surface area contributed by atoms with Crippen LogP contribution in [0.1, 0.15) is 17.7 Å². The molecule has 0 radical (unpaired) electrons. The van der Waals surface area contributed by atoms with Crippen LogP contribution in [0.25, 0.3) is 16.5 Å². The van der Waals surface area contributed by atoms with Gasteiger partial charge in [0.15, 0.2) is 0 Å². The van der Waals surface area contributed by atoms with E-state index in [-0.39, 0.29) is 5.91 Å². The molecular formula is C21H21ClN4O. The minimum atomic E-state index is -0.588. The number of amides is 1. The second kappa shape index (κ2) is 7.55. The molecule has 1 aliphatic heterocycles. The number of rotatable bonds is 4. The van der Waals surface area contributed by atoms with Crippen molar-refractivity contribution in [3.8, 4) is 0 Å². The summed E-state index contributed by atoms with van der Waals surface area (Å²) in [7, 11) is 0. The summed E-state index contributed by atoms with van der Waals surface area (Å²) >= 11 is 6.08. The molecule has 0 aliphatic carbocycles. The third-order valence-corrected chi connectivity index (χ3v) is 5.23. The zero-order chi connectivity index (χ0) is 18.8. The van der Waals surface area contributed by atoms with Crippen LogP contribution in [0.4, 0.5) is 0 Å². The average Bonchev–Trinajstić information content (AvgIpc) is 3.10. The Morgan fingerprint density at radius 1 is 1.26 bits per heavy atom. The molecule has 1 atom stereocenters. The van der Waals surface area contributed by atoms with Crippen molar-refractivity contribution in [3.63, 3.8) is 0 Å². The summed E-state index contributed by atoms with van der Waals surface area (Å²) in [6.07, 6.45) is 3.33. The third kappa shape index (κ3) is 3.75. The Morgan fingerprint density at radius 2 is 2.11 bits per heavy atom. The van der Waals surface area contributed by atoms with E-state index in [0.717, 1.165) is 33.6 Å². The van der Waals surface area contributed by atoms with Gasteiger partial charge in [-0.15, -0.1) is 0 Å². The lowest BCUT2D eigenvalue weighted by molar-refractivity contribution is -0.132. The molecule has 0 bridgehead atoms. The predicted molar refractivity (Wildman–Crippen MR) is 108 cm³/mol. The van der Waals surface area contributed by atoms with Gasteiger partial charge in [0.25, 0.3) is 0 Å². The predicted octanol–water partition coefficient (Wildman–Crippen LogP) is 3.40. The topological polar surface area (TPSA) is 75.0 Å². The van der Waals surface area contributed by atoms with Gasteiger partial charge in [-0.25, -0.2) is 0 Å². The van der Waals surface area contributed by atoms with Crippen LogP contribution in [0, 0.1) is 0 Å². The van der Waals surface area contributed by atoms with Crippen molar-refractivity contribution in [1.82, 2.24) is 15.1 Å². The van der Waals surface area contributed by atoms with E-state index in [4.69, 9.17) is 17.3 Å². The van der Waals surface area contributed by atoms with E-state index in [1.807, 2.05) is 53.4 Å². The first-order valence-electron chi connectivity index (χ1n) is 9.03. The molecule has 0 saturated heterocycles. The summed E-state index contributed by atoms with van der Waals surface area (Å²) < 4.78 is 0. The number of aromatic amines is 1. The van der Waals surface area contributed by atoms with Gasteiger partial charge in [0, 0.05) is 35.6 Å². The SMILES string of the molecule is NC(Cc1[nH]nc2ccccc12)C(=O)N1CC=C(c2cccc(Cl)c2)CC1. The highest BCUT2D eigenvalue weighted by Gasteiger charge is 2.24. The molecule has 4 rings (SSSR count). The Labute approximate surface area is 162 Å². The first kappa shape index (κ1) is 17.8. The van der Waals surface area contributed by atoms with Gasteiger partial charge >= 0.3 is 0 Å². The number of para-hydroxylation sites is 1. The lowest BCUT2D eigenvalue weighted by atomic mass is 9.99. The minimum Gasteiger partial charge on any atom is -0.337 e. The molecule has 0 saturated carbocycles. The van der Waals surface area contributed by atoms with Gasteiger partial charge in [0.1, 0.15) is 0 Å². The van der Waals surface area contributed by atoms with Gasteiger partial charge in [0.05, 0.1) is 11.6 Å². The summed E-state index contributed by atoms with van der Waals surface area (Å²) in [4.78, 5) is 14.6. The van der Waals surface area contributed by atoms with Crippen molar-refractivity contribution < 1.29 is 4.79 Å². The highest BCUT2D eigenvalue weighted by atomic mass is 35.5. The third-order valence-electron chi connectivity index (χ3n) is 5.00. The maximum absolute atomic E-state index is 12.8. The molecule has 138 valence electrons. The van der Waals surface area contributed by atoms with E-state index in [1.165, 1.54) is 5.57 Å². The molecule has 0 fully saturated rings. The number of halogens is 1. The Bertz CT molecular complexity index is 1010. The Hall–Kier alpha value is -2.63. The van der Waals surface area contributed by atoms with E-state index < -0.39 is 6.04 Å². The number of aromatic nitrogens is 2. The maximum Gasteiger partial charge on any atom is 0.240 e. The molecule has 1 aromatic heterocycles. The number of carbonyl (C=O) groups is 1. The summed E-state index contributed by atoms with van der Waals surface area (Å²) in [6, 6.07) is 15.1. The van der Waals surface area contributed by atoms with Crippen molar-refractivity contribution in [2.24, 2.45) is 5.73 Å². The van der Waals surface area contributed by atoms with Crippen LogP contribution in [-0.4, -0.2) is 40.1 Å². The Kier molecular flexibility index (Phi) is 4.97. The fraction of sp³-hybridized carbons (Fsp3) is 0.238. The second-order valence-corrected chi connectivity index (χ2v) is 7.24. The molecule has 1 aliphatic rings. The molecule has 2 heterocycles. The highest BCUT2D eigenvalue weighted by Crippen LogP contribution is 2.25. The zero-order valence-electron chi connectivity index (χ0n) is 14.9. The van der Waals surface area contributed by atoms with E-state index in [2.05, 4.69) is 16.3 Å². The number of nitrogens with one attached hydrogen (secondary N) is 1. The quantitative estimate of drug-likeness (QED) is 0.728. The summed E-state index contributed by atoms with van der Waals surface area (Å²) in [5.41, 5.74) is 10.3. The summed E-state index contributed by atoms with van der Waals surface area (Å²) in [6.45, 7) is 1.23. The fourth-order valence-corrected chi connectivity index (χ4v) is 3.72. The van der Waals surface area contributed by atoms with Crippen LogP contribution < -0.4 is 5.73 Å². The number of hydrogen-bond acceptors (Lipinski definition) is 3. The molecule has 27 heavy (non-hydrogen) atoms. The van der Waals surface area contributed by atoms with Crippen LogP contribution in [-0.2, 0) is 11.2 Å². The number of fused-ring (bicyclic) bond motifs is 1. The molecular weight excluding hydrogens is 360 g/mol. The van der Waals surface area contributed by atoms with Crippen molar-refractivity contribution in [3.05, 3.63) is 70.9 Å². The van der Waals surface area contributed by atoms with Crippen molar-refractivity contribution in [2.75, 3.05) is 13.1 Å². The van der Waals surface area contributed by atoms with Gasteiger partial charge in [0.2, 0.25) is 5.91 Å². The van der Waals surface area contributed by atoms with Crippen LogP contribution in [0.2, 0.25) is 5.02 Å². The summed E-state index contributed by atoms with van der Waals surface area (Å²) in [5.74, 6) is -0.0323. The Balaban J connectivity index is 1.43. The normalized spacial score (nSPS) is 15.6. The number of carbonyl (C=O) groups excluding carboxylic acids is 1. The van der Waals surface area contributed by atoms with Crippen molar-refractivity contribution in [1.29, 1.82) is 0 Å². The number of nitrogens with zero attached hydrogens (tertiary/aromatic N) is 2. The lowest BCUT2D eigenvalue weighted by Gasteiger charge is -2.29. The zero-order valence-corrected chi connectivity index (χ0v) is 15.6. The van der Waals surface area contributed by atoms with E-state index >= 15 is 0 Å². The number of nitrogens with two attached hydrogens (primary N) is 1. The molecule has 5 nitrogen and oxygen atoms in total. The van der Waals surface area contributed by atoms with E-state index in [9.17, 15) is 4.79 Å². The standard InChI is InChI=1S/C21H21ClN4O/c22-16-5-3-4-15(12-16)14-8-10-26(11-9-14)21(27)18(23)13-20-17-6-1-2-7-19(17)24-25-20/h1-8,12,18H,9-11,13,23H2,(H,24,25). The molecule has 3 aromatic rings. The van der Waals surface area contributed by atoms with E-state index in [0.29, 0.717) is 19.5 Å². The fourth-order valence-electron chi connectivity index (χ4n) is 3.53. The van der Waals surface area contributed by atoms with Gasteiger partial charge < -0.3 is 10.6 Å². The van der Waals surface area contributed by atoms with Gasteiger partial charge in [-0.2, -0.15) is 5.10 Å². The molecule has 6 heteroatoms. The smallest absolute Gasteiger partial charge is 0.240 e. The Morgan fingerprint density at radius 3 is 2.89 bits per heavy atom. The van der Waals surface area contributed by atoms with Crippen LogP contribution >= 0.6 is 11.6 Å². The van der Waals surface area contributed by atoms with Crippen LogP contribution in [0.15, 0.2) is 54.6 Å². The van der Waals surface area contributed by atoms with Gasteiger partial charge in [-0.1, -0.05) is 48.0 Å². The highest BCUT2D eigenvalue weighted by molar-refractivity contribution is 6.30. The average molecular weight is 381 g/mol. The van der Waals surface area contributed by atoms with E-state index in [1.54, 1.807) is 0 Å². The molecule has 1 amide bonds. The molecule has 2 aromatic carbocycles. The molecule has 0 spiro atoms. The lowest BCUT2D eigenvalue weighted by Crippen LogP contribution is -2.46. The van der Waals surface area contributed by atoms with Crippen molar-refractivity contribution in [2.45, 2.75) is 18.9 Å². The molecule has 1 unspecified atom stereocenters.